The number of halogens is 1. The average Bonchev–Trinajstić information content (AvgIpc) is 2.40. The molecular formula is C14H16BrNO2. The van der Waals surface area contributed by atoms with Crippen molar-refractivity contribution in [1.29, 1.82) is 0 Å². The van der Waals surface area contributed by atoms with Gasteiger partial charge in [-0.25, -0.2) is 0 Å². The van der Waals surface area contributed by atoms with E-state index in [4.69, 9.17) is 15.2 Å². The third-order valence-electron chi connectivity index (χ3n) is 2.15. The van der Waals surface area contributed by atoms with Gasteiger partial charge in [0.15, 0.2) is 0 Å². The molecule has 0 bridgehead atoms. The van der Waals surface area contributed by atoms with Crippen molar-refractivity contribution in [3.63, 3.8) is 0 Å². The smallest absolute Gasteiger partial charge is 0.133 e. The fourth-order valence-corrected chi connectivity index (χ4v) is 1.70. The highest BCUT2D eigenvalue weighted by Crippen LogP contribution is 2.22. The van der Waals surface area contributed by atoms with E-state index in [-0.39, 0.29) is 0 Å². The number of benzene rings is 2. The van der Waals surface area contributed by atoms with Crippen molar-refractivity contribution in [2.45, 2.75) is 0 Å². The number of anilines is 1. The molecule has 18 heavy (non-hydrogen) atoms. The average molecular weight is 310 g/mol. The highest BCUT2D eigenvalue weighted by molar-refractivity contribution is 9.10. The molecule has 0 unspecified atom stereocenters. The van der Waals surface area contributed by atoms with Gasteiger partial charge in [-0.2, -0.15) is 0 Å². The van der Waals surface area contributed by atoms with Crippen LogP contribution in [0.2, 0.25) is 0 Å². The van der Waals surface area contributed by atoms with Crippen LogP contribution in [0.3, 0.4) is 0 Å². The number of hydrogen-bond acceptors (Lipinski definition) is 3. The van der Waals surface area contributed by atoms with Crippen LogP contribution in [0, 0.1) is 0 Å². The molecule has 4 heteroatoms. The van der Waals surface area contributed by atoms with Crippen molar-refractivity contribution in [2.75, 3.05) is 20.0 Å². The minimum atomic E-state index is 0.731. The molecule has 0 fully saturated rings. The summed E-state index contributed by atoms with van der Waals surface area (Å²) in [6.07, 6.45) is 0. The highest BCUT2D eigenvalue weighted by atomic mass is 79.9. The van der Waals surface area contributed by atoms with Gasteiger partial charge in [0, 0.05) is 11.8 Å². The monoisotopic (exact) mass is 309 g/mol. The molecule has 2 rings (SSSR count). The Labute approximate surface area is 116 Å². The van der Waals surface area contributed by atoms with Gasteiger partial charge in [0.2, 0.25) is 0 Å². The van der Waals surface area contributed by atoms with Crippen molar-refractivity contribution in [3.05, 3.63) is 53.0 Å². The Morgan fingerprint density at radius 3 is 2.11 bits per heavy atom. The lowest BCUT2D eigenvalue weighted by Crippen LogP contribution is -1.86. The molecule has 0 heterocycles. The van der Waals surface area contributed by atoms with Gasteiger partial charge in [0.25, 0.3) is 0 Å². The summed E-state index contributed by atoms with van der Waals surface area (Å²) in [5, 5.41) is 0. The summed E-state index contributed by atoms with van der Waals surface area (Å²) < 4.78 is 10.9. The summed E-state index contributed by atoms with van der Waals surface area (Å²) in [5.41, 5.74) is 6.19. The summed E-state index contributed by atoms with van der Waals surface area (Å²) in [6.45, 7) is 0. The number of para-hydroxylation sites is 1. The second-order valence-corrected chi connectivity index (χ2v) is 4.27. The van der Waals surface area contributed by atoms with Gasteiger partial charge in [-0.1, -0.05) is 18.2 Å². The van der Waals surface area contributed by atoms with E-state index >= 15 is 0 Å². The SMILES string of the molecule is COc1cccc(N)c1.COc1ccccc1Br. The lowest BCUT2D eigenvalue weighted by atomic mass is 10.3. The number of rotatable bonds is 2. The Hall–Kier alpha value is -1.68. The second-order valence-electron chi connectivity index (χ2n) is 3.41. The fourth-order valence-electron chi connectivity index (χ4n) is 1.25. The summed E-state index contributed by atoms with van der Waals surface area (Å²) in [4.78, 5) is 0. The van der Waals surface area contributed by atoms with Crippen molar-refractivity contribution < 1.29 is 9.47 Å². The van der Waals surface area contributed by atoms with Crippen LogP contribution in [0.5, 0.6) is 11.5 Å². The molecule has 2 aromatic carbocycles. The Bertz CT molecular complexity index is 489. The normalized spacial score (nSPS) is 9.06. The van der Waals surface area contributed by atoms with E-state index in [2.05, 4.69) is 15.9 Å². The van der Waals surface area contributed by atoms with Gasteiger partial charge in [0.05, 0.1) is 18.7 Å². The molecule has 96 valence electrons. The van der Waals surface area contributed by atoms with Crippen molar-refractivity contribution in [3.8, 4) is 11.5 Å². The summed E-state index contributed by atoms with van der Waals surface area (Å²) >= 11 is 3.33. The predicted molar refractivity (Wildman–Crippen MR) is 78.1 cm³/mol. The molecule has 0 radical (unpaired) electrons. The first kappa shape index (κ1) is 14.4. The van der Waals surface area contributed by atoms with E-state index < -0.39 is 0 Å². The Morgan fingerprint density at radius 2 is 1.67 bits per heavy atom. The largest absolute Gasteiger partial charge is 0.497 e. The maximum absolute atomic E-state index is 5.45. The summed E-state index contributed by atoms with van der Waals surface area (Å²) in [7, 11) is 3.27. The second kappa shape index (κ2) is 7.61. The lowest BCUT2D eigenvalue weighted by molar-refractivity contribution is 0.412. The molecule has 0 saturated carbocycles. The zero-order chi connectivity index (χ0) is 13.4. The van der Waals surface area contributed by atoms with Crippen LogP contribution in [0.4, 0.5) is 5.69 Å². The molecule has 0 aliphatic carbocycles. The van der Waals surface area contributed by atoms with Crippen LogP contribution < -0.4 is 15.2 Å². The molecule has 0 spiro atoms. The Kier molecular flexibility index (Phi) is 6.08. The highest BCUT2D eigenvalue weighted by Gasteiger charge is 1.93. The van der Waals surface area contributed by atoms with Gasteiger partial charge in [-0.3, -0.25) is 0 Å². The minimum absolute atomic E-state index is 0.731. The number of nitrogen functional groups attached to an aromatic ring is 1. The van der Waals surface area contributed by atoms with Crippen LogP contribution in [0.25, 0.3) is 0 Å². The van der Waals surface area contributed by atoms with E-state index in [1.54, 1.807) is 20.3 Å². The molecular weight excluding hydrogens is 294 g/mol. The predicted octanol–water partition coefficient (Wildman–Crippen LogP) is 3.74. The van der Waals surface area contributed by atoms with Crippen LogP contribution in [-0.4, -0.2) is 14.2 Å². The topological polar surface area (TPSA) is 44.5 Å². The Balaban J connectivity index is 0.000000180. The number of ether oxygens (including phenoxy) is 2. The standard InChI is InChI=1S/C7H7BrO.C7H9NO/c1-9-7-5-3-2-4-6(7)8;1-9-7-4-2-3-6(8)5-7/h2-5H,1H3;2-5H,8H2,1H3. The molecule has 0 aliphatic rings. The van der Waals surface area contributed by atoms with Crippen molar-refractivity contribution in [2.24, 2.45) is 0 Å². The van der Waals surface area contributed by atoms with E-state index in [0.717, 1.165) is 21.7 Å². The number of methoxy groups -OCH3 is 2. The van der Waals surface area contributed by atoms with E-state index in [1.165, 1.54) is 0 Å². The zero-order valence-electron chi connectivity index (χ0n) is 10.4. The molecule has 0 aromatic heterocycles. The summed E-state index contributed by atoms with van der Waals surface area (Å²) in [6, 6.07) is 15.0. The van der Waals surface area contributed by atoms with Crippen LogP contribution in [0.15, 0.2) is 53.0 Å². The molecule has 0 amide bonds. The first-order valence-electron chi connectivity index (χ1n) is 5.35. The van der Waals surface area contributed by atoms with Gasteiger partial charge in [-0.05, 0) is 40.2 Å². The molecule has 0 aliphatic heterocycles. The van der Waals surface area contributed by atoms with Gasteiger partial charge in [0.1, 0.15) is 11.5 Å². The third kappa shape index (κ3) is 4.67. The maximum Gasteiger partial charge on any atom is 0.133 e. The first-order chi connectivity index (χ1) is 8.67. The first-order valence-corrected chi connectivity index (χ1v) is 6.14. The maximum atomic E-state index is 5.45. The van der Waals surface area contributed by atoms with E-state index in [0.29, 0.717) is 0 Å². The molecule has 3 nitrogen and oxygen atoms in total. The minimum Gasteiger partial charge on any atom is -0.497 e. The van der Waals surface area contributed by atoms with E-state index in [9.17, 15) is 0 Å². The lowest BCUT2D eigenvalue weighted by Gasteiger charge is -1.99. The fraction of sp³-hybridized carbons (Fsp3) is 0.143. The van der Waals surface area contributed by atoms with Gasteiger partial charge in [-0.15, -0.1) is 0 Å². The van der Waals surface area contributed by atoms with Crippen LogP contribution in [-0.2, 0) is 0 Å². The van der Waals surface area contributed by atoms with Crippen LogP contribution >= 0.6 is 15.9 Å². The summed E-state index contributed by atoms with van der Waals surface area (Å²) in [5.74, 6) is 1.67. The van der Waals surface area contributed by atoms with E-state index in [1.807, 2.05) is 42.5 Å². The van der Waals surface area contributed by atoms with Crippen molar-refractivity contribution >= 4 is 21.6 Å². The third-order valence-corrected chi connectivity index (χ3v) is 2.81. The quantitative estimate of drug-likeness (QED) is 0.860. The molecule has 0 atom stereocenters. The zero-order valence-corrected chi connectivity index (χ0v) is 12.0. The number of hydrogen-bond donors (Lipinski definition) is 1. The molecule has 0 saturated heterocycles. The van der Waals surface area contributed by atoms with Gasteiger partial charge >= 0.3 is 0 Å². The van der Waals surface area contributed by atoms with Gasteiger partial charge < -0.3 is 15.2 Å². The number of nitrogens with two attached hydrogens (primary N) is 1. The van der Waals surface area contributed by atoms with Crippen LogP contribution in [0.1, 0.15) is 0 Å². The van der Waals surface area contributed by atoms with Crippen molar-refractivity contribution in [1.82, 2.24) is 0 Å². The molecule has 2 N–H and O–H groups in total. The molecule has 2 aromatic rings. The Morgan fingerprint density at radius 1 is 0.944 bits per heavy atom.